The van der Waals surface area contributed by atoms with Crippen molar-refractivity contribution >= 4 is 22.1 Å². The zero-order chi connectivity index (χ0) is 11.1. The molecule has 0 aromatic carbocycles. The van der Waals surface area contributed by atoms with Gasteiger partial charge in [-0.1, -0.05) is 0 Å². The van der Waals surface area contributed by atoms with E-state index in [4.69, 9.17) is 5.73 Å². The molecule has 0 aliphatic rings. The first-order valence-corrected chi connectivity index (χ1v) is 5.22. The molecule has 7 nitrogen and oxygen atoms in total. The Morgan fingerprint density at radius 2 is 2.25 bits per heavy atom. The van der Waals surface area contributed by atoms with Gasteiger partial charge in [-0.3, -0.25) is 9.78 Å². The molecule has 3 rings (SSSR count). The van der Waals surface area contributed by atoms with E-state index < -0.39 is 0 Å². The molecule has 0 bridgehead atoms. The maximum absolute atomic E-state index is 11.0. The second-order valence-corrected chi connectivity index (χ2v) is 4.21. The molecular weight excluding hydrogens is 228 g/mol. The minimum absolute atomic E-state index is 0.308. The SMILES string of the molecule is Nc1ccc(-c2nnc3[nH]c(=O)cnn23)s1. The quantitative estimate of drug-likeness (QED) is 0.622. The zero-order valence-electron chi connectivity index (χ0n) is 7.91. The van der Waals surface area contributed by atoms with E-state index in [-0.39, 0.29) is 5.56 Å². The molecule has 0 radical (unpaired) electrons. The van der Waals surface area contributed by atoms with Crippen molar-refractivity contribution in [2.24, 2.45) is 0 Å². The maximum atomic E-state index is 11.0. The summed E-state index contributed by atoms with van der Waals surface area (Å²) in [6, 6.07) is 3.62. The zero-order valence-corrected chi connectivity index (χ0v) is 8.73. The standard InChI is InChI=1S/C8H6N6OS/c9-5-2-1-4(16-5)7-12-13-8-11-6(15)3-10-14(7)8/h1-3H,9H2,(H,11,13,15). The van der Waals surface area contributed by atoms with Crippen LogP contribution >= 0.6 is 11.3 Å². The van der Waals surface area contributed by atoms with E-state index in [1.165, 1.54) is 22.0 Å². The van der Waals surface area contributed by atoms with Crippen molar-refractivity contribution < 1.29 is 0 Å². The Kier molecular flexibility index (Phi) is 1.77. The minimum atomic E-state index is -0.308. The Bertz CT molecular complexity index is 710. The molecule has 0 fully saturated rings. The van der Waals surface area contributed by atoms with Crippen LogP contribution in [-0.4, -0.2) is 24.8 Å². The number of thiophene rings is 1. The molecule has 0 saturated heterocycles. The van der Waals surface area contributed by atoms with Gasteiger partial charge in [0.15, 0.2) is 5.82 Å². The summed E-state index contributed by atoms with van der Waals surface area (Å²) in [4.78, 5) is 14.4. The lowest BCUT2D eigenvalue weighted by molar-refractivity contribution is 0.892. The molecule has 16 heavy (non-hydrogen) atoms. The van der Waals surface area contributed by atoms with Crippen molar-refractivity contribution in [2.75, 3.05) is 5.73 Å². The predicted octanol–water partition coefficient (Wildman–Crippen LogP) is 0.123. The molecule has 0 aliphatic carbocycles. The second-order valence-electron chi connectivity index (χ2n) is 3.09. The highest BCUT2D eigenvalue weighted by molar-refractivity contribution is 7.19. The summed E-state index contributed by atoms with van der Waals surface area (Å²) in [5.41, 5.74) is 5.33. The Labute approximate surface area is 92.6 Å². The molecule has 3 N–H and O–H groups in total. The number of hydrogen-bond acceptors (Lipinski definition) is 6. The van der Waals surface area contributed by atoms with Crippen LogP contribution in [0.5, 0.6) is 0 Å². The van der Waals surface area contributed by atoms with Gasteiger partial charge in [-0.15, -0.1) is 21.5 Å². The Morgan fingerprint density at radius 3 is 3.00 bits per heavy atom. The fourth-order valence-corrected chi connectivity index (χ4v) is 2.09. The van der Waals surface area contributed by atoms with Crippen LogP contribution in [0.25, 0.3) is 16.5 Å². The number of aromatic nitrogens is 5. The van der Waals surface area contributed by atoms with E-state index in [1.54, 1.807) is 6.07 Å². The third-order valence-electron chi connectivity index (χ3n) is 2.01. The summed E-state index contributed by atoms with van der Waals surface area (Å²) < 4.78 is 1.46. The fraction of sp³-hybridized carbons (Fsp3) is 0. The number of H-pyrrole nitrogens is 1. The highest BCUT2D eigenvalue weighted by atomic mass is 32.1. The highest BCUT2D eigenvalue weighted by Gasteiger charge is 2.11. The number of anilines is 1. The molecule has 3 aromatic heterocycles. The number of fused-ring (bicyclic) bond motifs is 1. The molecule has 3 aromatic rings. The Morgan fingerprint density at radius 1 is 1.38 bits per heavy atom. The van der Waals surface area contributed by atoms with Crippen molar-refractivity contribution in [3.05, 3.63) is 28.7 Å². The van der Waals surface area contributed by atoms with Crippen LogP contribution in [0.15, 0.2) is 23.1 Å². The number of nitrogens with two attached hydrogens (primary N) is 1. The summed E-state index contributed by atoms with van der Waals surface area (Å²) in [7, 11) is 0. The van der Waals surface area contributed by atoms with E-state index in [0.29, 0.717) is 16.6 Å². The van der Waals surface area contributed by atoms with Crippen molar-refractivity contribution in [3.63, 3.8) is 0 Å². The first-order chi connectivity index (χ1) is 7.74. The van der Waals surface area contributed by atoms with E-state index in [1.807, 2.05) is 6.07 Å². The molecule has 0 spiro atoms. The first kappa shape index (κ1) is 9.04. The number of aromatic amines is 1. The molecule has 80 valence electrons. The molecule has 0 aliphatic heterocycles. The molecule has 0 saturated carbocycles. The monoisotopic (exact) mass is 234 g/mol. The molecule has 0 unspecified atom stereocenters. The third-order valence-corrected chi connectivity index (χ3v) is 2.92. The van der Waals surface area contributed by atoms with Gasteiger partial charge in [0.2, 0.25) is 0 Å². The van der Waals surface area contributed by atoms with Gasteiger partial charge in [0.05, 0.1) is 9.88 Å². The fourth-order valence-electron chi connectivity index (χ4n) is 1.35. The second kappa shape index (κ2) is 3.14. The van der Waals surface area contributed by atoms with Gasteiger partial charge < -0.3 is 5.73 Å². The average molecular weight is 234 g/mol. The summed E-state index contributed by atoms with van der Waals surface area (Å²) in [6.45, 7) is 0. The normalized spacial score (nSPS) is 11.0. The van der Waals surface area contributed by atoms with E-state index in [0.717, 1.165) is 4.88 Å². The van der Waals surface area contributed by atoms with Gasteiger partial charge in [0.25, 0.3) is 11.3 Å². The van der Waals surface area contributed by atoms with Gasteiger partial charge in [0.1, 0.15) is 6.20 Å². The number of rotatable bonds is 1. The molecule has 8 heteroatoms. The van der Waals surface area contributed by atoms with Crippen LogP contribution in [0.1, 0.15) is 0 Å². The predicted molar refractivity (Wildman–Crippen MR) is 59.1 cm³/mol. The van der Waals surface area contributed by atoms with Crippen LogP contribution in [0.4, 0.5) is 5.00 Å². The smallest absolute Gasteiger partial charge is 0.271 e. The lowest BCUT2D eigenvalue weighted by Gasteiger charge is -1.93. The van der Waals surface area contributed by atoms with Crippen LogP contribution in [-0.2, 0) is 0 Å². The number of nitrogens with one attached hydrogen (secondary N) is 1. The van der Waals surface area contributed by atoms with Crippen LogP contribution in [0, 0.1) is 0 Å². The van der Waals surface area contributed by atoms with Crippen LogP contribution < -0.4 is 11.3 Å². The largest absolute Gasteiger partial charge is 0.391 e. The molecule has 3 heterocycles. The number of nitrogen functional groups attached to an aromatic ring is 1. The number of hydrogen-bond donors (Lipinski definition) is 2. The Hall–Kier alpha value is -2.22. The van der Waals surface area contributed by atoms with Crippen molar-refractivity contribution in [3.8, 4) is 10.7 Å². The van der Waals surface area contributed by atoms with Crippen molar-refractivity contribution in [2.45, 2.75) is 0 Å². The van der Waals surface area contributed by atoms with Gasteiger partial charge >= 0.3 is 0 Å². The minimum Gasteiger partial charge on any atom is -0.391 e. The van der Waals surface area contributed by atoms with Gasteiger partial charge in [0, 0.05) is 0 Å². The van der Waals surface area contributed by atoms with Crippen molar-refractivity contribution in [1.82, 2.24) is 24.8 Å². The van der Waals surface area contributed by atoms with Gasteiger partial charge in [-0.25, -0.2) is 0 Å². The highest BCUT2D eigenvalue weighted by Crippen LogP contribution is 2.27. The van der Waals surface area contributed by atoms with Gasteiger partial charge in [-0.05, 0) is 12.1 Å². The summed E-state index contributed by atoms with van der Waals surface area (Å²) in [5, 5.41) is 12.4. The lowest BCUT2D eigenvalue weighted by atomic mass is 10.4. The molecular formula is C8H6N6OS. The van der Waals surface area contributed by atoms with E-state index in [9.17, 15) is 4.79 Å². The summed E-state index contributed by atoms with van der Waals surface area (Å²) in [6.07, 6.45) is 1.18. The van der Waals surface area contributed by atoms with E-state index in [2.05, 4.69) is 20.3 Å². The van der Waals surface area contributed by atoms with Crippen molar-refractivity contribution in [1.29, 1.82) is 0 Å². The van der Waals surface area contributed by atoms with Crippen LogP contribution in [0.3, 0.4) is 0 Å². The topological polar surface area (TPSA) is 102 Å². The lowest BCUT2D eigenvalue weighted by Crippen LogP contribution is -2.09. The summed E-state index contributed by atoms with van der Waals surface area (Å²) in [5.74, 6) is 0.877. The van der Waals surface area contributed by atoms with Gasteiger partial charge in [-0.2, -0.15) is 9.61 Å². The Balaban J connectivity index is 2.29. The summed E-state index contributed by atoms with van der Waals surface area (Å²) >= 11 is 1.39. The first-order valence-electron chi connectivity index (χ1n) is 4.40. The van der Waals surface area contributed by atoms with E-state index >= 15 is 0 Å². The number of nitrogens with zero attached hydrogens (tertiary/aromatic N) is 4. The average Bonchev–Trinajstić information content (AvgIpc) is 2.83. The molecule has 0 amide bonds. The molecule has 0 atom stereocenters. The maximum Gasteiger partial charge on any atom is 0.271 e. The third kappa shape index (κ3) is 1.27. The van der Waals surface area contributed by atoms with Crippen LogP contribution in [0.2, 0.25) is 0 Å².